The highest BCUT2D eigenvalue weighted by Crippen LogP contribution is 2.40. The molecule has 0 amide bonds. The summed E-state index contributed by atoms with van der Waals surface area (Å²) in [7, 11) is 0. The highest BCUT2D eigenvalue weighted by Gasteiger charge is 2.35. The number of anilines is 1. The molecule has 0 aliphatic heterocycles. The van der Waals surface area contributed by atoms with Gasteiger partial charge in [-0.3, -0.25) is 0 Å². The monoisotopic (exact) mass is 251 g/mol. The molecular formula is C11H13ClF3N. The zero-order valence-corrected chi connectivity index (χ0v) is 10.00. The van der Waals surface area contributed by atoms with Gasteiger partial charge in [0, 0.05) is 0 Å². The molecule has 0 aromatic heterocycles. The quantitative estimate of drug-likeness (QED) is 0.686. The molecule has 0 atom stereocenters. The van der Waals surface area contributed by atoms with Gasteiger partial charge in [-0.2, -0.15) is 13.2 Å². The average Bonchev–Trinajstić information content (AvgIpc) is 2.05. The lowest BCUT2D eigenvalue weighted by Crippen LogP contribution is -2.16. The summed E-state index contributed by atoms with van der Waals surface area (Å²) in [6.45, 7) is 5.44. The zero-order valence-electron chi connectivity index (χ0n) is 9.24. The first-order valence-corrected chi connectivity index (χ1v) is 5.08. The van der Waals surface area contributed by atoms with E-state index < -0.39 is 22.8 Å². The van der Waals surface area contributed by atoms with Crippen LogP contribution in [0.3, 0.4) is 0 Å². The van der Waals surface area contributed by atoms with Gasteiger partial charge in [-0.15, -0.1) is 0 Å². The summed E-state index contributed by atoms with van der Waals surface area (Å²) in [5.74, 6) is 0. The summed E-state index contributed by atoms with van der Waals surface area (Å²) in [5.41, 5.74) is 4.15. The Kier molecular flexibility index (Phi) is 3.16. The fraction of sp³-hybridized carbons (Fsp3) is 0.455. The van der Waals surface area contributed by atoms with Gasteiger partial charge in [0.2, 0.25) is 0 Å². The summed E-state index contributed by atoms with van der Waals surface area (Å²) in [6, 6.07) is 2.54. The van der Waals surface area contributed by atoms with Crippen LogP contribution in [0.5, 0.6) is 0 Å². The Labute approximate surface area is 97.4 Å². The van der Waals surface area contributed by atoms with Crippen molar-refractivity contribution in [3.05, 3.63) is 28.3 Å². The van der Waals surface area contributed by atoms with Gasteiger partial charge in [-0.1, -0.05) is 32.4 Å². The van der Waals surface area contributed by atoms with Crippen molar-refractivity contribution in [2.75, 3.05) is 5.73 Å². The predicted octanol–water partition coefficient (Wildman–Crippen LogP) is 4.24. The van der Waals surface area contributed by atoms with E-state index in [0.717, 1.165) is 6.07 Å². The molecular weight excluding hydrogens is 239 g/mol. The van der Waals surface area contributed by atoms with Crippen LogP contribution in [-0.2, 0) is 11.6 Å². The van der Waals surface area contributed by atoms with Crippen molar-refractivity contribution in [3.63, 3.8) is 0 Å². The Balaban J connectivity index is 3.46. The molecule has 1 aromatic rings. The van der Waals surface area contributed by atoms with E-state index in [1.54, 1.807) is 0 Å². The van der Waals surface area contributed by atoms with E-state index in [0.29, 0.717) is 5.56 Å². The van der Waals surface area contributed by atoms with Crippen molar-refractivity contribution < 1.29 is 13.2 Å². The van der Waals surface area contributed by atoms with Crippen molar-refractivity contribution in [3.8, 4) is 0 Å². The van der Waals surface area contributed by atoms with Crippen LogP contribution in [0.15, 0.2) is 12.1 Å². The zero-order chi connectivity index (χ0) is 12.7. The Bertz CT molecular complexity index is 405. The molecule has 0 fully saturated rings. The minimum atomic E-state index is -4.48. The van der Waals surface area contributed by atoms with E-state index in [2.05, 4.69) is 0 Å². The number of nitrogens with two attached hydrogens (primary N) is 1. The molecule has 0 heterocycles. The normalized spacial score (nSPS) is 12.9. The molecule has 0 unspecified atom stereocenters. The predicted molar refractivity (Wildman–Crippen MR) is 59.6 cm³/mol. The third kappa shape index (κ3) is 2.61. The summed E-state index contributed by atoms with van der Waals surface area (Å²) < 4.78 is 38.0. The molecule has 0 saturated carbocycles. The van der Waals surface area contributed by atoms with Gasteiger partial charge in [0.25, 0.3) is 0 Å². The highest BCUT2D eigenvalue weighted by molar-refractivity contribution is 6.33. The second-order valence-electron chi connectivity index (χ2n) is 4.67. The molecule has 0 aliphatic rings. The van der Waals surface area contributed by atoms with E-state index in [9.17, 15) is 13.2 Å². The van der Waals surface area contributed by atoms with Crippen LogP contribution in [0, 0.1) is 0 Å². The molecule has 1 nitrogen and oxygen atoms in total. The Morgan fingerprint density at radius 3 is 2.00 bits per heavy atom. The molecule has 1 rings (SSSR count). The van der Waals surface area contributed by atoms with Crippen LogP contribution in [-0.4, -0.2) is 0 Å². The highest BCUT2D eigenvalue weighted by atomic mass is 35.5. The third-order valence-corrected chi connectivity index (χ3v) is 2.61. The van der Waals surface area contributed by atoms with Crippen molar-refractivity contribution in [1.29, 1.82) is 0 Å². The molecule has 0 saturated heterocycles. The number of hydrogen-bond donors (Lipinski definition) is 1. The SMILES string of the molecule is CC(C)(C)c1cc(Cl)c(N)c(C(F)(F)F)c1. The number of alkyl halides is 3. The van der Waals surface area contributed by atoms with Crippen LogP contribution in [0.4, 0.5) is 18.9 Å². The van der Waals surface area contributed by atoms with Crippen molar-refractivity contribution >= 4 is 17.3 Å². The lowest BCUT2D eigenvalue weighted by molar-refractivity contribution is -0.137. The second-order valence-corrected chi connectivity index (χ2v) is 5.07. The minimum absolute atomic E-state index is 0.0558. The van der Waals surface area contributed by atoms with Crippen molar-refractivity contribution in [1.82, 2.24) is 0 Å². The molecule has 0 bridgehead atoms. The number of nitrogen functional groups attached to an aromatic ring is 1. The van der Waals surface area contributed by atoms with Crippen LogP contribution in [0.25, 0.3) is 0 Å². The fourth-order valence-corrected chi connectivity index (χ4v) is 1.50. The molecule has 16 heavy (non-hydrogen) atoms. The van der Waals surface area contributed by atoms with Crippen LogP contribution >= 0.6 is 11.6 Å². The van der Waals surface area contributed by atoms with E-state index in [1.165, 1.54) is 6.07 Å². The van der Waals surface area contributed by atoms with Crippen molar-refractivity contribution in [2.24, 2.45) is 0 Å². The van der Waals surface area contributed by atoms with E-state index in [-0.39, 0.29) is 5.02 Å². The van der Waals surface area contributed by atoms with E-state index >= 15 is 0 Å². The van der Waals surface area contributed by atoms with Gasteiger partial charge in [0.1, 0.15) is 0 Å². The van der Waals surface area contributed by atoms with Gasteiger partial charge in [-0.05, 0) is 23.1 Å². The maximum atomic E-state index is 12.7. The van der Waals surface area contributed by atoms with Gasteiger partial charge >= 0.3 is 6.18 Å². The maximum Gasteiger partial charge on any atom is 0.418 e. The number of benzene rings is 1. The Morgan fingerprint density at radius 2 is 1.62 bits per heavy atom. The molecule has 90 valence electrons. The smallest absolute Gasteiger partial charge is 0.397 e. The lowest BCUT2D eigenvalue weighted by Gasteiger charge is -2.22. The van der Waals surface area contributed by atoms with Gasteiger partial charge in [0.15, 0.2) is 0 Å². The fourth-order valence-electron chi connectivity index (χ4n) is 1.29. The molecule has 2 N–H and O–H groups in total. The average molecular weight is 252 g/mol. The van der Waals surface area contributed by atoms with Crippen LogP contribution < -0.4 is 5.73 Å². The number of rotatable bonds is 0. The molecule has 0 aliphatic carbocycles. The molecule has 0 radical (unpaired) electrons. The lowest BCUT2D eigenvalue weighted by atomic mass is 9.86. The molecule has 1 aromatic carbocycles. The largest absolute Gasteiger partial charge is 0.418 e. The van der Waals surface area contributed by atoms with Crippen LogP contribution in [0.1, 0.15) is 31.9 Å². The van der Waals surface area contributed by atoms with E-state index in [4.69, 9.17) is 17.3 Å². The topological polar surface area (TPSA) is 26.0 Å². The molecule has 5 heteroatoms. The maximum absolute atomic E-state index is 12.7. The summed E-state index contributed by atoms with van der Waals surface area (Å²) >= 11 is 5.71. The molecule has 0 spiro atoms. The third-order valence-electron chi connectivity index (χ3n) is 2.30. The van der Waals surface area contributed by atoms with Crippen molar-refractivity contribution in [2.45, 2.75) is 32.4 Å². The number of hydrogen-bond acceptors (Lipinski definition) is 1. The van der Waals surface area contributed by atoms with Gasteiger partial charge in [0.05, 0.1) is 16.3 Å². The Morgan fingerprint density at radius 1 is 1.12 bits per heavy atom. The first-order chi connectivity index (χ1) is 7.03. The summed E-state index contributed by atoms with van der Waals surface area (Å²) in [4.78, 5) is 0. The Hall–Kier alpha value is -0.900. The first kappa shape index (κ1) is 13.2. The van der Waals surface area contributed by atoms with Gasteiger partial charge in [-0.25, -0.2) is 0 Å². The standard InChI is InChI=1S/C11H13ClF3N/c1-10(2,3)6-4-7(11(13,14)15)9(16)8(12)5-6/h4-5H,16H2,1-3H3. The van der Waals surface area contributed by atoms with Crippen LogP contribution in [0.2, 0.25) is 5.02 Å². The second kappa shape index (κ2) is 3.84. The van der Waals surface area contributed by atoms with Gasteiger partial charge < -0.3 is 5.73 Å². The first-order valence-electron chi connectivity index (χ1n) is 4.70. The minimum Gasteiger partial charge on any atom is -0.397 e. The summed E-state index contributed by atoms with van der Waals surface area (Å²) in [6.07, 6.45) is -4.48. The summed E-state index contributed by atoms with van der Waals surface area (Å²) in [5, 5.41) is -0.0558. The number of halogens is 4. The van der Waals surface area contributed by atoms with E-state index in [1.807, 2.05) is 20.8 Å².